The Balaban J connectivity index is 1.29. The summed E-state index contributed by atoms with van der Waals surface area (Å²) in [5.74, 6) is 1.41. The molecule has 2 aliphatic heterocycles. The maximum absolute atomic E-state index is 12.1. The number of carbonyl (C=O) groups is 1. The monoisotopic (exact) mass is 476 g/mol. The van der Waals surface area contributed by atoms with E-state index in [2.05, 4.69) is 46.2 Å². The molecule has 5 heterocycles. The number of piperazine rings is 1. The van der Waals surface area contributed by atoms with E-state index < -0.39 is 0 Å². The van der Waals surface area contributed by atoms with Crippen LogP contribution in [0.2, 0.25) is 0 Å². The van der Waals surface area contributed by atoms with Crippen LogP contribution in [0, 0.1) is 0 Å². The van der Waals surface area contributed by atoms with E-state index >= 15 is 0 Å². The molecule has 186 valence electrons. The molecule has 2 saturated heterocycles. The van der Waals surface area contributed by atoms with Gasteiger partial charge in [0.2, 0.25) is 0 Å². The highest BCUT2D eigenvalue weighted by molar-refractivity contribution is 5.80. The van der Waals surface area contributed by atoms with Gasteiger partial charge >= 0.3 is 6.03 Å². The van der Waals surface area contributed by atoms with Crippen molar-refractivity contribution in [1.29, 1.82) is 0 Å². The third-order valence-electron chi connectivity index (χ3n) is 7.35. The fraction of sp³-hybridized carbons (Fsp3) is 0.538. The zero-order valence-corrected chi connectivity index (χ0v) is 21.0. The lowest BCUT2D eigenvalue weighted by molar-refractivity contribution is 0.169. The highest BCUT2D eigenvalue weighted by atomic mass is 16.2. The first-order valence-electron chi connectivity index (χ1n) is 12.8. The molecule has 0 radical (unpaired) electrons. The molecule has 5 rings (SSSR count). The lowest BCUT2D eigenvalue weighted by Crippen LogP contribution is -2.51. The van der Waals surface area contributed by atoms with Crippen LogP contribution in [0.3, 0.4) is 0 Å². The molecule has 9 nitrogen and oxygen atoms in total. The standard InChI is InChI=1S/C26H36N8O/c1-4-27-26(35)33-13-11-32(12-14-33)23-5-8-30-34-18-21(15-24(23)34)22-16-28-25(29-17-22)20-6-9-31(10-7-20)19(2)3/h5,8,15-20H,4,6-7,9-14H2,1-3H3,(H,27,35). The number of rotatable bonds is 5. The van der Waals surface area contributed by atoms with Crippen molar-refractivity contribution in [2.45, 2.75) is 45.6 Å². The van der Waals surface area contributed by atoms with Gasteiger partial charge < -0.3 is 20.0 Å². The quantitative estimate of drug-likeness (QED) is 0.609. The number of aromatic nitrogens is 4. The second kappa shape index (κ2) is 10.2. The maximum Gasteiger partial charge on any atom is 0.317 e. The summed E-state index contributed by atoms with van der Waals surface area (Å²) < 4.78 is 1.93. The molecule has 2 aliphatic rings. The average Bonchev–Trinajstić information content (AvgIpc) is 3.34. The Morgan fingerprint density at radius 2 is 1.77 bits per heavy atom. The van der Waals surface area contributed by atoms with Crippen molar-refractivity contribution in [3.8, 4) is 11.1 Å². The van der Waals surface area contributed by atoms with Crippen LogP contribution in [-0.4, -0.2) is 87.3 Å². The van der Waals surface area contributed by atoms with Crippen molar-refractivity contribution in [3.05, 3.63) is 42.7 Å². The number of fused-ring (bicyclic) bond motifs is 1. The van der Waals surface area contributed by atoms with E-state index in [-0.39, 0.29) is 6.03 Å². The molecule has 0 saturated carbocycles. The van der Waals surface area contributed by atoms with E-state index in [0.717, 1.165) is 67.2 Å². The number of hydrogen-bond donors (Lipinski definition) is 1. The van der Waals surface area contributed by atoms with Gasteiger partial charge in [0.1, 0.15) is 5.82 Å². The Labute approximate surface area is 207 Å². The van der Waals surface area contributed by atoms with Crippen LogP contribution in [0.25, 0.3) is 16.6 Å². The second-order valence-electron chi connectivity index (χ2n) is 9.82. The molecule has 1 N–H and O–H groups in total. The van der Waals surface area contributed by atoms with Gasteiger partial charge in [-0.3, -0.25) is 0 Å². The molecule has 0 aliphatic carbocycles. The van der Waals surface area contributed by atoms with Crippen LogP contribution in [0.5, 0.6) is 0 Å². The Morgan fingerprint density at radius 1 is 1.06 bits per heavy atom. The van der Waals surface area contributed by atoms with Crippen molar-refractivity contribution in [2.75, 3.05) is 50.7 Å². The van der Waals surface area contributed by atoms with Crippen LogP contribution >= 0.6 is 0 Å². The van der Waals surface area contributed by atoms with Gasteiger partial charge in [-0.05, 0) is 58.8 Å². The van der Waals surface area contributed by atoms with E-state index in [4.69, 9.17) is 9.97 Å². The third kappa shape index (κ3) is 4.96. The molecule has 0 spiro atoms. The topological polar surface area (TPSA) is 81.9 Å². The van der Waals surface area contributed by atoms with Gasteiger partial charge in [-0.15, -0.1) is 0 Å². The molecule has 0 aromatic carbocycles. The second-order valence-corrected chi connectivity index (χ2v) is 9.82. The van der Waals surface area contributed by atoms with E-state index in [9.17, 15) is 4.79 Å². The van der Waals surface area contributed by atoms with Gasteiger partial charge in [0.25, 0.3) is 0 Å². The molecule has 3 aromatic rings. The number of amides is 2. The number of carbonyl (C=O) groups excluding carboxylic acids is 1. The molecule has 35 heavy (non-hydrogen) atoms. The minimum atomic E-state index is 0.0194. The predicted molar refractivity (Wildman–Crippen MR) is 138 cm³/mol. The fourth-order valence-corrected chi connectivity index (χ4v) is 5.21. The Kier molecular flexibility index (Phi) is 6.86. The molecule has 9 heteroatoms. The van der Waals surface area contributed by atoms with Gasteiger partial charge in [0.05, 0.1) is 11.2 Å². The summed E-state index contributed by atoms with van der Waals surface area (Å²) in [6.45, 7) is 12.4. The van der Waals surface area contributed by atoms with Crippen molar-refractivity contribution in [3.63, 3.8) is 0 Å². The number of nitrogens with one attached hydrogen (secondary N) is 1. The first kappa shape index (κ1) is 23.5. The third-order valence-corrected chi connectivity index (χ3v) is 7.35. The van der Waals surface area contributed by atoms with Gasteiger partial charge in [-0.25, -0.2) is 19.3 Å². The minimum Gasteiger partial charge on any atom is -0.366 e. The maximum atomic E-state index is 12.1. The first-order valence-corrected chi connectivity index (χ1v) is 12.8. The summed E-state index contributed by atoms with van der Waals surface area (Å²) in [7, 11) is 0. The van der Waals surface area contributed by atoms with Gasteiger partial charge in [0.15, 0.2) is 0 Å². The molecule has 2 fully saturated rings. The highest BCUT2D eigenvalue weighted by Gasteiger charge is 2.25. The van der Waals surface area contributed by atoms with E-state index in [1.54, 1.807) is 0 Å². The number of hydrogen-bond acceptors (Lipinski definition) is 6. The summed E-state index contributed by atoms with van der Waals surface area (Å²) in [5, 5.41) is 7.43. The predicted octanol–water partition coefficient (Wildman–Crippen LogP) is 3.23. The van der Waals surface area contributed by atoms with Crippen LogP contribution in [0.15, 0.2) is 36.9 Å². The van der Waals surface area contributed by atoms with Crippen molar-refractivity contribution in [2.24, 2.45) is 0 Å². The lowest BCUT2D eigenvalue weighted by atomic mass is 9.95. The molecule has 0 atom stereocenters. The molecular weight excluding hydrogens is 440 g/mol. The van der Waals surface area contributed by atoms with E-state index in [1.165, 1.54) is 0 Å². The summed E-state index contributed by atoms with van der Waals surface area (Å²) in [6, 6.07) is 4.85. The average molecular weight is 477 g/mol. The SMILES string of the molecule is CCNC(=O)N1CCN(c2ccnn3cc(-c4cnc(C5CCN(C(C)C)CC5)nc4)cc23)CC1. The number of nitrogens with zero attached hydrogens (tertiary/aromatic N) is 7. The number of piperidine rings is 1. The van der Waals surface area contributed by atoms with Gasteiger partial charge in [-0.1, -0.05) is 0 Å². The lowest BCUT2D eigenvalue weighted by Gasteiger charge is -2.36. The largest absolute Gasteiger partial charge is 0.366 e. The fourth-order valence-electron chi connectivity index (χ4n) is 5.21. The van der Waals surface area contributed by atoms with Gasteiger partial charge in [-0.2, -0.15) is 5.10 Å². The van der Waals surface area contributed by atoms with Crippen molar-refractivity contribution in [1.82, 2.24) is 34.7 Å². The van der Waals surface area contributed by atoms with Crippen molar-refractivity contribution < 1.29 is 4.79 Å². The summed E-state index contributed by atoms with van der Waals surface area (Å²) in [4.78, 5) is 28.4. The zero-order chi connectivity index (χ0) is 24.4. The number of anilines is 1. The normalized spacial score (nSPS) is 17.9. The van der Waals surface area contributed by atoms with Crippen molar-refractivity contribution >= 4 is 17.2 Å². The first-order chi connectivity index (χ1) is 17.0. The van der Waals surface area contributed by atoms with Crippen LogP contribution in [0.4, 0.5) is 10.5 Å². The zero-order valence-electron chi connectivity index (χ0n) is 21.0. The Bertz CT molecular complexity index is 1140. The highest BCUT2D eigenvalue weighted by Crippen LogP contribution is 2.30. The summed E-state index contributed by atoms with van der Waals surface area (Å²) >= 11 is 0. The minimum absolute atomic E-state index is 0.0194. The van der Waals surface area contributed by atoms with Crippen LogP contribution < -0.4 is 10.2 Å². The van der Waals surface area contributed by atoms with E-state index in [1.807, 2.05) is 41.1 Å². The molecule has 0 unspecified atom stereocenters. The Morgan fingerprint density at radius 3 is 2.43 bits per heavy atom. The molecule has 0 bridgehead atoms. The Hall–Kier alpha value is -3.20. The number of urea groups is 1. The van der Waals surface area contributed by atoms with E-state index in [0.29, 0.717) is 31.6 Å². The number of likely N-dealkylation sites (tertiary alicyclic amines) is 1. The van der Waals surface area contributed by atoms with Crippen LogP contribution in [0.1, 0.15) is 45.4 Å². The summed E-state index contributed by atoms with van der Waals surface area (Å²) in [6.07, 6.45) is 10.0. The molecule has 2 amide bonds. The summed E-state index contributed by atoms with van der Waals surface area (Å²) in [5.41, 5.74) is 4.26. The van der Waals surface area contributed by atoms with Gasteiger partial charge in [0, 0.05) is 80.6 Å². The van der Waals surface area contributed by atoms with Crippen LogP contribution in [-0.2, 0) is 0 Å². The molecular formula is C26H36N8O. The molecule has 3 aromatic heterocycles. The smallest absolute Gasteiger partial charge is 0.317 e.